The first-order valence-electron chi connectivity index (χ1n) is 6.93. The second-order valence-corrected chi connectivity index (χ2v) is 4.59. The number of rotatable bonds is 6. The number of carbonyl (C=O) groups excluding carboxylic acids is 1. The van der Waals surface area contributed by atoms with Crippen molar-refractivity contribution >= 4 is 22.7 Å². The Morgan fingerprint density at radius 2 is 2.25 bits per heavy atom. The molecule has 0 amide bonds. The van der Waals surface area contributed by atoms with E-state index in [1.54, 1.807) is 6.92 Å². The second-order valence-electron chi connectivity index (χ2n) is 4.59. The summed E-state index contributed by atoms with van der Waals surface area (Å²) in [6, 6.07) is 0. The number of unbranched alkanes of at least 4 members (excludes halogenated alkanes) is 1. The summed E-state index contributed by atoms with van der Waals surface area (Å²) in [5.41, 5.74) is 1.89. The largest absolute Gasteiger partial charge is 0.462 e. The van der Waals surface area contributed by atoms with Crippen molar-refractivity contribution in [3.63, 3.8) is 0 Å². The van der Waals surface area contributed by atoms with Crippen molar-refractivity contribution in [2.75, 3.05) is 18.5 Å². The molecule has 0 fully saturated rings. The van der Waals surface area contributed by atoms with Gasteiger partial charge < -0.3 is 10.1 Å². The molecule has 0 spiro atoms. The van der Waals surface area contributed by atoms with Gasteiger partial charge in [0.05, 0.1) is 12.0 Å². The van der Waals surface area contributed by atoms with Crippen LogP contribution < -0.4 is 5.32 Å². The number of hydrogen-bond acceptors (Lipinski definition) is 5. The van der Waals surface area contributed by atoms with Gasteiger partial charge in [0, 0.05) is 18.4 Å². The molecular formula is C14H20N4O2. The highest BCUT2D eigenvalue weighted by molar-refractivity contribution is 6.06. The van der Waals surface area contributed by atoms with Crippen molar-refractivity contribution in [1.82, 2.24) is 15.2 Å². The lowest BCUT2D eigenvalue weighted by Crippen LogP contribution is -2.09. The minimum Gasteiger partial charge on any atom is -0.462 e. The monoisotopic (exact) mass is 276 g/mol. The number of aromatic nitrogens is 3. The molecule has 108 valence electrons. The summed E-state index contributed by atoms with van der Waals surface area (Å²) in [5.74, 6) is 0.365. The van der Waals surface area contributed by atoms with E-state index < -0.39 is 5.97 Å². The number of aromatic amines is 1. The molecule has 2 aromatic heterocycles. The smallest absolute Gasteiger partial charge is 0.342 e. The lowest BCUT2D eigenvalue weighted by Gasteiger charge is -2.08. The maximum absolute atomic E-state index is 11.9. The van der Waals surface area contributed by atoms with E-state index in [0.717, 1.165) is 36.3 Å². The first kappa shape index (κ1) is 14.3. The van der Waals surface area contributed by atoms with Crippen LogP contribution in [0.3, 0.4) is 0 Å². The lowest BCUT2D eigenvalue weighted by molar-refractivity contribution is 0.0528. The third-order valence-corrected chi connectivity index (χ3v) is 3.08. The van der Waals surface area contributed by atoms with Crippen LogP contribution in [0.5, 0.6) is 0 Å². The fourth-order valence-corrected chi connectivity index (χ4v) is 2.04. The molecule has 0 aliphatic carbocycles. The number of aryl methyl sites for hydroxylation is 1. The summed E-state index contributed by atoms with van der Waals surface area (Å²) in [5, 5.41) is 11.3. The van der Waals surface area contributed by atoms with E-state index in [-0.39, 0.29) is 0 Å². The maximum Gasteiger partial charge on any atom is 0.342 e. The van der Waals surface area contributed by atoms with Crippen LogP contribution >= 0.6 is 0 Å². The molecule has 0 aromatic carbocycles. The summed E-state index contributed by atoms with van der Waals surface area (Å²) in [7, 11) is 0. The van der Waals surface area contributed by atoms with Gasteiger partial charge >= 0.3 is 5.97 Å². The van der Waals surface area contributed by atoms with Crippen LogP contribution in [-0.4, -0.2) is 34.3 Å². The molecule has 2 heterocycles. The standard InChI is InChI=1S/C14H20N4O2/c1-4-6-7-15-13-11-9(3)17-18-12(11)10(8-16-13)14(19)20-5-2/h8H,4-7H2,1-3H3,(H,15,16)(H,17,18). The van der Waals surface area contributed by atoms with Crippen molar-refractivity contribution < 1.29 is 9.53 Å². The molecule has 0 atom stereocenters. The van der Waals surface area contributed by atoms with Crippen LogP contribution in [0.15, 0.2) is 6.20 Å². The summed E-state index contributed by atoms with van der Waals surface area (Å²) in [6.45, 7) is 7.01. The van der Waals surface area contributed by atoms with E-state index in [1.165, 1.54) is 6.20 Å². The minimum atomic E-state index is -0.392. The number of hydrogen-bond donors (Lipinski definition) is 2. The van der Waals surface area contributed by atoms with Gasteiger partial charge in [0.25, 0.3) is 0 Å². The number of pyridine rings is 1. The summed E-state index contributed by atoms with van der Waals surface area (Å²) < 4.78 is 5.03. The van der Waals surface area contributed by atoms with Crippen LogP contribution in [0.25, 0.3) is 10.9 Å². The first-order chi connectivity index (χ1) is 9.69. The van der Waals surface area contributed by atoms with Gasteiger partial charge in [0.15, 0.2) is 0 Å². The van der Waals surface area contributed by atoms with Gasteiger partial charge in [-0.3, -0.25) is 5.10 Å². The molecule has 0 aliphatic heterocycles. The summed E-state index contributed by atoms with van der Waals surface area (Å²) >= 11 is 0. The number of esters is 1. The number of carbonyl (C=O) groups is 1. The molecule has 0 saturated heterocycles. The first-order valence-corrected chi connectivity index (χ1v) is 6.93. The average Bonchev–Trinajstić information content (AvgIpc) is 2.82. The van der Waals surface area contributed by atoms with Gasteiger partial charge in [0.1, 0.15) is 16.9 Å². The molecule has 0 radical (unpaired) electrons. The minimum absolute atomic E-state index is 0.334. The second kappa shape index (κ2) is 6.36. The zero-order chi connectivity index (χ0) is 14.5. The van der Waals surface area contributed by atoms with E-state index >= 15 is 0 Å². The Morgan fingerprint density at radius 1 is 1.45 bits per heavy atom. The fourth-order valence-electron chi connectivity index (χ4n) is 2.04. The van der Waals surface area contributed by atoms with E-state index in [2.05, 4.69) is 27.4 Å². The highest BCUT2D eigenvalue weighted by atomic mass is 16.5. The normalized spacial score (nSPS) is 10.8. The van der Waals surface area contributed by atoms with E-state index in [9.17, 15) is 4.79 Å². The molecule has 6 nitrogen and oxygen atoms in total. The third kappa shape index (κ3) is 2.74. The third-order valence-electron chi connectivity index (χ3n) is 3.08. The van der Waals surface area contributed by atoms with Crippen molar-refractivity contribution in [2.24, 2.45) is 0 Å². The van der Waals surface area contributed by atoms with Crippen LogP contribution in [0.1, 0.15) is 42.7 Å². The van der Waals surface area contributed by atoms with E-state index in [4.69, 9.17) is 4.74 Å². The molecular weight excluding hydrogens is 256 g/mol. The van der Waals surface area contributed by atoms with Crippen LogP contribution in [-0.2, 0) is 4.74 Å². The van der Waals surface area contributed by atoms with Gasteiger partial charge in [0.2, 0.25) is 0 Å². The summed E-state index contributed by atoms with van der Waals surface area (Å²) in [4.78, 5) is 16.2. The zero-order valence-electron chi connectivity index (χ0n) is 12.1. The molecule has 0 bridgehead atoms. The van der Waals surface area contributed by atoms with Gasteiger partial charge in [-0.25, -0.2) is 9.78 Å². The molecule has 6 heteroatoms. The highest BCUT2D eigenvalue weighted by Crippen LogP contribution is 2.26. The lowest BCUT2D eigenvalue weighted by atomic mass is 10.1. The Hall–Kier alpha value is -2.11. The zero-order valence-corrected chi connectivity index (χ0v) is 12.1. The summed E-state index contributed by atoms with van der Waals surface area (Å²) in [6.07, 6.45) is 3.70. The van der Waals surface area contributed by atoms with Gasteiger partial charge in [-0.2, -0.15) is 5.10 Å². The quantitative estimate of drug-likeness (QED) is 0.626. The van der Waals surface area contributed by atoms with Crippen molar-refractivity contribution in [3.05, 3.63) is 17.5 Å². The molecule has 20 heavy (non-hydrogen) atoms. The Labute approximate surface area is 117 Å². The van der Waals surface area contributed by atoms with E-state index in [0.29, 0.717) is 17.7 Å². The fraction of sp³-hybridized carbons (Fsp3) is 0.500. The molecule has 0 saturated carbocycles. The van der Waals surface area contributed by atoms with E-state index in [1.807, 2.05) is 6.92 Å². The Balaban J connectivity index is 2.40. The highest BCUT2D eigenvalue weighted by Gasteiger charge is 2.18. The average molecular weight is 276 g/mol. The van der Waals surface area contributed by atoms with Gasteiger partial charge in [-0.15, -0.1) is 0 Å². The predicted octanol–water partition coefficient (Wildman–Crippen LogP) is 2.66. The van der Waals surface area contributed by atoms with Crippen LogP contribution in [0.4, 0.5) is 5.82 Å². The van der Waals surface area contributed by atoms with Crippen molar-refractivity contribution in [2.45, 2.75) is 33.6 Å². The molecule has 2 N–H and O–H groups in total. The number of ether oxygens (including phenoxy) is 1. The predicted molar refractivity (Wildman–Crippen MR) is 78.0 cm³/mol. The molecule has 2 aromatic rings. The molecule has 0 aliphatic rings. The maximum atomic E-state index is 11.9. The number of nitrogens with zero attached hydrogens (tertiary/aromatic N) is 2. The van der Waals surface area contributed by atoms with Gasteiger partial charge in [-0.05, 0) is 20.3 Å². The Kier molecular flexibility index (Phi) is 4.55. The molecule has 2 rings (SSSR count). The van der Waals surface area contributed by atoms with Crippen molar-refractivity contribution in [3.8, 4) is 0 Å². The van der Waals surface area contributed by atoms with Crippen molar-refractivity contribution in [1.29, 1.82) is 0 Å². The Bertz CT molecular complexity index is 606. The molecule has 0 unspecified atom stereocenters. The topological polar surface area (TPSA) is 79.9 Å². The SMILES string of the molecule is CCCCNc1ncc(C(=O)OCC)c2n[nH]c(C)c12. The van der Waals surface area contributed by atoms with Crippen LogP contribution in [0, 0.1) is 6.92 Å². The number of nitrogens with one attached hydrogen (secondary N) is 2. The van der Waals surface area contributed by atoms with Gasteiger partial charge in [-0.1, -0.05) is 13.3 Å². The number of H-pyrrole nitrogens is 1. The number of fused-ring (bicyclic) bond motifs is 1. The van der Waals surface area contributed by atoms with Crippen LogP contribution in [0.2, 0.25) is 0 Å². The Morgan fingerprint density at radius 3 is 2.95 bits per heavy atom. The number of anilines is 1.